The van der Waals surface area contributed by atoms with Crippen LogP contribution in [-0.2, 0) is 7.05 Å². The van der Waals surface area contributed by atoms with Crippen molar-refractivity contribution in [1.29, 1.82) is 0 Å². The molecule has 0 fully saturated rings. The quantitative estimate of drug-likeness (QED) is 0.613. The molecular formula is C12H16N6O2S. The van der Waals surface area contributed by atoms with Gasteiger partial charge >= 0.3 is 11.1 Å². The van der Waals surface area contributed by atoms with Crippen LogP contribution in [0.1, 0.15) is 19.0 Å². The SMILES string of the molecule is CCCNc1nc(C)cc(Sc2nc(=O)c(=O)[nH]n2C)n1. The fourth-order valence-electron chi connectivity index (χ4n) is 1.55. The van der Waals surface area contributed by atoms with Crippen LogP contribution in [0.2, 0.25) is 0 Å². The van der Waals surface area contributed by atoms with Crippen LogP contribution < -0.4 is 16.4 Å². The lowest BCUT2D eigenvalue weighted by Gasteiger charge is -2.08. The van der Waals surface area contributed by atoms with Gasteiger partial charge in [-0.05, 0) is 31.2 Å². The molecule has 2 rings (SSSR count). The topological polar surface area (TPSA) is 106 Å². The number of nitrogens with one attached hydrogen (secondary N) is 2. The molecule has 0 aliphatic heterocycles. The summed E-state index contributed by atoms with van der Waals surface area (Å²) in [5, 5.41) is 6.52. The molecule has 21 heavy (non-hydrogen) atoms. The summed E-state index contributed by atoms with van der Waals surface area (Å²) in [4.78, 5) is 34.9. The first-order chi connectivity index (χ1) is 9.99. The van der Waals surface area contributed by atoms with E-state index in [2.05, 4.69) is 32.3 Å². The van der Waals surface area contributed by atoms with Gasteiger partial charge in [0.25, 0.3) is 0 Å². The van der Waals surface area contributed by atoms with E-state index in [1.54, 1.807) is 13.1 Å². The molecule has 112 valence electrons. The Labute approximate surface area is 125 Å². The van der Waals surface area contributed by atoms with Crippen molar-refractivity contribution < 1.29 is 0 Å². The van der Waals surface area contributed by atoms with Gasteiger partial charge in [0.15, 0.2) is 5.16 Å². The van der Waals surface area contributed by atoms with Gasteiger partial charge in [0.2, 0.25) is 5.95 Å². The molecule has 0 spiro atoms. The Morgan fingerprint density at radius 1 is 1.33 bits per heavy atom. The average molecular weight is 308 g/mol. The van der Waals surface area contributed by atoms with Gasteiger partial charge in [0, 0.05) is 19.3 Å². The molecule has 0 aliphatic carbocycles. The second kappa shape index (κ2) is 6.53. The zero-order valence-electron chi connectivity index (χ0n) is 12.0. The van der Waals surface area contributed by atoms with Gasteiger partial charge in [-0.15, -0.1) is 0 Å². The lowest BCUT2D eigenvalue weighted by atomic mass is 10.4. The first-order valence-corrected chi connectivity index (χ1v) is 7.26. The summed E-state index contributed by atoms with van der Waals surface area (Å²) in [6.45, 7) is 4.70. The minimum atomic E-state index is -0.814. The molecule has 0 unspecified atom stereocenters. The van der Waals surface area contributed by atoms with Gasteiger partial charge in [-0.25, -0.2) is 9.97 Å². The standard InChI is InChI=1S/C12H16N6O2S/c1-4-5-13-11-14-7(2)6-8(15-11)21-12-16-9(19)10(20)17-18(12)3/h6H,4-5H2,1-3H3,(H,17,20)(H,13,14,15). The summed E-state index contributed by atoms with van der Waals surface area (Å²) in [6, 6.07) is 1.79. The molecule has 0 aromatic carbocycles. The zero-order chi connectivity index (χ0) is 15.4. The predicted molar refractivity (Wildman–Crippen MR) is 79.8 cm³/mol. The van der Waals surface area contributed by atoms with Crippen molar-refractivity contribution >= 4 is 17.7 Å². The molecule has 2 aromatic rings. The third-order valence-corrected chi connectivity index (χ3v) is 3.47. The van der Waals surface area contributed by atoms with Crippen LogP contribution >= 0.6 is 11.8 Å². The van der Waals surface area contributed by atoms with Crippen molar-refractivity contribution in [2.24, 2.45) is 7.05 Å². The molecule has 0 amide bonds. The third-order valence-electron chi connectivity index (χ3n) is 2.51. The Balaban J connectivity index is 2.31. The average Bonchev–Trinajstić information content (AvgIpc) is 2.42. The summed E-state index contributed by atoms with van der Waals surface area (Å²) in [5.74, 6) is 0.536. The van der Waals surface area contributed by atoms with E-state index < -0.39 is 11.1 Å². The maximum Gasteiger partial charge on any atom is 0.339 e. The van der Waals surface area contributed by atoms with Crippen LogP contribution in [0.3, 0.4) is 0 Å². The molecule has 0 saturated carbocycles. The van der Waals surface area contributed by atoms with Gasteiger partial charge in [-0.3, -0.25) is 19.4 Å². The van der Waals surface area contributed by atoms with E-state index in [-0.39, 0.29) is 0 Å². The van der Waals surface area contributed by atoms with Crippen molar-refractivity contribution in [1.82, 2.24) is 24.7 Å². The summed E-state index contributed by atoms with van der Waals surface area (Å²) < 4.78 is 1.39. The molecule has 0 saturated heterocycles. The summed E-state index contributed by atoms with van der Waals surface area (Å²) >= 11 is 1.19. The highest BCUT2D eigenvalue weighted by Crippen LogP contribution is 2.23. The molecule has 8 nitrogen and oxygen atoms in total. The largest absolute Gasteiger partial charge is 0.354 e. The number of anilines is 1. The fraction of sp³-hybridized carbons (Fsp3) is 0.417. The van der Waals surface area contributed by atoms with Crippen LogP contribution in [0.25, 0.3) is 0 Å². The van der Waals surface area contributed by atoms with E-state index in [0.29, 0.717) is 16.1 Å². The van der Waals surface area contributed by atoms with Crippen molar-refractivity contribution in [3.63, 3.8) is 0 Å². The number of aromatic nitrogens is 5. The Hall–Kier alpha value is -2.16. The first kappa shape index (κ1) is 15.2. The Bertz CT molecular complexity index is 754. The second-order valence-corrected chi connectivity index (χ2v) is 5.39. The van der Waals surface area contributed by atoms with Crippen LogP contribution in [0.15, 0.2) is 25.8 Å². The van der Waals surface area contributed by atoms with Crippen LogP contribution in [0.5, 0.6) is 0 Å². The monoisotopic (exact) mass is 308 g/mol. The maximum atomic E-state index is 11.3. The maximum absolute atomic E-state index is 11.3. The van der Waals surface area contributed by atoms with Gasteiger partial charge in [-0.1, -0.05) is 6.92 Å². The highest BCUT2D eigenvalue weighted by atomic mass is 32.2. The molecule has 9 heteroatoms. The second-order valence-electron chi connectivity index (χ2n) is 4.40. The summed E-state index contributed by atoms with van der Waals surface area (Å²) in [5.41, 5.74) is -0.753. The Kier molecular flexibility index (Phi) is 4.73. The third kappa shape index (κ3) is 3.91. The van der Waals surface area contributed by atoms with E-state index >= 15 is 0 Å². The van der Waals surface area contributed by atoms with Crippen molar-refractivity contribution in [2.75, 3.05) is 11.9 Å². The van der Waals surface area contributed by atoms with Crippen molar-refractivity contribution in [3.8, 4) is 0 Å². The van der Waals surface area contributed by atoms with Crippen LogP contribution in [0, 0.1) is 6.92 Å². The van der Waals surface area contributed by atoms with E-state index in [0.717, 1.165) is 18.7 Å². The van der Waals surface area contributed by atoms with E-state index in [4.69, 9.17) is 0 Å². The molecule has 2 aromatic heterocycles. The van der Waals surface area contributed by atoms with Gasteiger partial charge in [0.05, 0.1) is 0 Å². The van der Waals surface area contributed by atoms with E-state index in [9.17, 15) is 9.59 Å². The van der Waals surface area contributed by atoms with Crippen molar-refractivity contribution in [2.45, 2.75) is 30.5 Å². The number of aryl methyl sites for hydroxylation is 2. The highest BCUT2D eigenvalue weighted by Gasteiger charge is 2.09. The van der Waals surface area contributed by atoms with E-state index in [1.807, 2.05) is 6.92 Å². The molecule has 2 heterocycles. The zero-order valence-corrected chi connectivity index (χ0v) is 12.8. The van der Waals surface area contributed by atoms with Crippen LogP contribution in [0.4, 0.5) is 5.95 Å². The minimum absolute atomic E-state index is 0.360. The number of hydrogen-bond acceptors (Lipinski definition) is 7. The number of rotatable bonds is 5. The van der Waals surface area contributed by atoms with Gasteiger partial charge in [0.1, 0.15) is 5.03 Å². The lowest BCUT2D eigenvalue weighted by Crippen LogP contribution is -2.33. The van der Waals surface area contributed by atoms with E-state index in [1.165, 1.54) is 16.4 Å². The normalized spacial score (nSPS) is 10.6. The molecule has 2 N–H and O–H groups in total. The number of hydrogen-bond donors (Lipinski definition) is 2. The molecule has 0 bridgehead atoms. The minimum Gasteiger partial charge on any atom is -0.354 e. The van der Waals surface area contributed by atoms with Crippen molar-refractivity contribution in [3.05, 3.63) is 32.5 Å². The van der Waals surface area contributed by atoms with Gasteiger partial charge < -0.3 is 5.32 Å². The molecular weight excluding hydrogens is 292 g/mol. The molecule has 0 aliphatic rings. The lowest BCUT2D eigenvalue weighted by molar-refractivity contribution is 0.596. The summed E-state index contributed by atoms with van der Waals surface area (Å²) in [6.07, 6.45) is 0.968. The number of nitrogens with zero attached hydrogens (tertiary/aromatic N) is 4. The first-order valence-electron chi connectivity index (χ1n) is 6.44. The highest BCUT2D eigenvalue weighted by molar-refractivity contribution is 7.99. The smallest absolute Gasteiger partial charge is 0.339 e. The number of aromatic amines is 1. The fourth-order valence-corrected chi connectivity index (χ4v) is 2.41. The summed E-state index contributed by atoms with van der Waals surface area (Å²) in [7, 11) is 1.61. The molecule has 0 atom stereocenters. The predicted octanol–water partition coefficient (Wildman–Crippen LogP) is 0.540. The number of H-pyrrole nitrogens is 1. The Morgan fingerprint density at radius 2 is 2.10 bits per heavy atom. The van der Waals surface area contributed by atoms with Gasteiger partial charge in [-0.2, -0.15) is 4.98 Å². The Morgan fingerprint density at radius 3 is 2.81 bits per heavy atom. The van der Waals surface area contributed by atoms with Crippen LogP contribution in [-0.4, -0.2) is 31.3 Å². The molecule has 0 radical (unpaired) electrons.